The Morgan fingerprint density at radius 2 is 2.11 bits per heavy atom. The Hall–Kier alpha value is -2.23. The van der Waals surface area contributed by atoms with Crippen molar-refractivity contribution < 1.29 is 4.79 Å². The van der Waals surface area contributed by atoms with E-state index < -0.39 is 0 Å². The molecule has 0 atom stereocenters. The molecule has 0 saturated carbocycles. The molecule has 0 aliphatic rings. The Balaban J connectivity index is 2.15. The predicted molar refractivity (Wildman–Crippen MR) is 77.3 cm³/mol. The normalized spacial score (nSPS) is 10.3. The van der Waals surface area contributed by atoms with E-state index in [1.54, 1.807) is 7.05 Å². The molecule has 1 aromatic carbocycles. The second kappa shape index (κ2) is 5.61. The van der Waals surface area contributed by atoms with Gasteiger partial charge in [0.2, 0.25) is 0 Å². The lowest BCUT2D eigenvalue weighted by molar-refractivity contribution is 0.0963. The number of nitrogens with zero attached hydrogens (tertiary/aromatic N) is 1. The van der Waals surface area contributed by atoms with Crippen molar-refractivity contribution in [3.05, 3.63) is 53.3 Å². The van der Waals surface area contributed by atoms with Gasteiger partial charge in [0.25, 0.3) is 5.91 Å². The maximum Gasteiger partial charge on any atom is 0.251 e. The highest BCUT2D eigenvalue weighted by atomic mass is 16.1. The molecule has 2 aromatic rings. The van der Waals surface area contributed by atoms with E-state index in [1.807, 2.05) is 44.4 Å². The minimum atomic E-state index is -0.0677. The number of nitrogens with one attached hydrogen (secondary N) is 2. The van der Waals surface area contributed by atoms with Gasteiger partial charge in [-0.05, 0) is 36.8 Å². The molecular formula is C15H19N3O. The molecule has 1 heterocycles. The molecule has 1 aromatic heterocycles. The lowest BCUT2D eigenvalue weighted by atomic mass is 10.1. The van der Waals surface area contributed by atoms with Gasteiger partial charge in [-0.3, -0.25) is 4.79 Å². The maximum absolute atomic E-state index is 11.6. The van der Waals surface area contributed by atoms with Gasteiger partial charge in [-0.1, -0.05) is 6.07 Å². The van der Waals surface area contributed by atoms with Crippen molar-refractivity contribution in [1.29, 1.82) is 0 Å². The zero-order valence-corrected chi connectivity index (χ0v) is 11.5. The first-order chi connectivity index (χ1) is 9.11. The molecule has 2 N–H and O–H groups in total. The Bertz CT molecular complexity index is 587. The van der Waals surface area contributed by atoms with Gasteiger partial charge in [-0.2, -0.15) is 0 Å². The summed E-state index contributed by atoms with van der Waals surface area (Å²) in [6.45, 7) is 2.77. The SMILES string of the molecule is CNC(=O)c1ccc(C)c(NCc2cccn2C)c1. The molecule has 4 nitrogen and oxygen atoms in total. The number of amides is 1. The Labute approximate surface area is 113 Å². The number of aromatic nitrogens is 1. The van der Waals surface area contributed by atoms with Crippen LogP contribution in [-0.2, 0) is 13.6 Å². The smallest absolute Gasteiger partial charge is 0.251 e. The summed E-state index contributed by atoms with van der Waals surface area (Å²) in [5.41, 5.74) is 3.98. The third-order valence-electron chi connectivity index (χ3n) is 3.24. The first-order valence-electron chi connectivity index (χ1n) is 6.28. The molecule has 0 saturated heterocycles. The number of rotatable bonds is 4. The number of benzene rings is 1. The van der Waals surface area contributed by atoms with Crippen LogP contribution in [0, 0.1) is 6.92 Å². The van der Waals surface area contributed by atoms with E-state index in [2.05, 4.69) is 21.3 Å². The molecule has 0 unspecified atom stereocenters. The molecule has 0 aliphatic carbocycles. The summed E-state index contributed by atoms with van der Waals surface area (Å²) in [6, 6.07) is 9.77. The Morgan fingerprint density at radius 1 is 1.32 bits per heavy atom. The van der Waals surface area contributed by atoms with Crippen molar-refractivity contribution in [2.24, 2.45) is 7.05 Å². The van der Waals surface area contributed by atoms with Crippen molar-refractivity contribution in [3.63, 3.8) is 0 Å². The largest absolute Gasteiger partial charge is 0.379 e. The van der Waals surface area contributed by atoms with Crippen LogP contribution >= 0.6 is 0 Å². The number of hydrogen-bond acceptors (Lipinski definition) is 2. The topological polar surface area (TPSA) is 46.1 Å². The number of aryl methyl sites for hydroxylation is 2. The van der Waals surface area contributed by atoms with Crippen LogP contribution in [0.2, 0.25) is 0 Å². The fourth-order valence-corrected chi connectivity index (χ4v) is 1.96. The van der Waals surface area contributed by atoms with Gasteiger partial charge < -0.3 is 15.2 Å². The van der Waals surface area contributed by atoms with Gasteiger partial charge in [0, 0.05) is 37.2 Å². The van der Waals surface area contributed by atoms with E-state index in [1.165, 1.54) is 5.69 Å². The summed E-state index contributed by atoms with van der Waals surface area (Å²) in [4.78, 5) is 11.6. The van der Waals surface area contributed by atoms with Gasteiger partial charge in [-0.25, -0.2) is 0 Å². The molecule has 1 amide bonds. The van der Waals surface area contributed by atoms with Crippen LogP contribution < -0.4 is 10.6 Å². The Morgan fingerprint density at radius 3 is 2.74 bits per heavy atom. The highest BCUT2D eigenvalue weighted by molar-refractivity contribution is 5.95. The van der Waals surface area contributed by atoms with Gasteiger partial charge in [-0.15, -0.1) is 0 Å². The average molecular weight is 257 g/mol. The average Bonchev–Trinajstić information content (AvgIpc) is 2.82. The van der Waals surface area contributed by atoms with Gasteiger partial charge in [0.15, 0.2) is 0 Å². The number of hydrogen-bond donors (Lipinski definition) is 2. The molecule has 100 valence electrons. The van der Waals surface area contributed by atoms with Gasteiger partial charge in [0.05, 0.1) is 6.54 Å². The molecular weight excluding hydrogens is 238 g/mol. The molecule has 0 bridgehead atoms. The molecule has 0 aliphatic heterocycles. The van der Waals surface area contributed by atoms with Crippen molar-refractivity contribution >= 4 is 11.6 Å². The van der Waals surface area contributed by atoms with Crippen molar-refractivity contribution in [2.45, 2.75) is 13.5 Å². The van der Waals surface area contributed by atoms with E-state index in [-0.39, 0.29) is 5.91 Å². The van der Waals surface area contributed by atoms with Crippen LogP contribution in [0.4, 0.5) is 5.69 Å². The summed E-state index contributed by atoms with van der Waals surface area (Å²) < 4.78 is 2.07. The van der Waals surface area contributed by atoms with Crippen LogP contribution in [-0.4, -0.2) is 17.5 Å². The molecule has 4 heteroatoms. The summed E-state index contributed by atoms with van der Waals surface area (Å²) in [5, 5.41) is 6.01. The summed E-state index contributed by atoms with van der Waals surface area (Å²) in [7, 11) is 3.66. The second-order valence-corrected chi connectivity index (χ2v) is 4.57. The number of carbonyl (C=O) groups excluding carboxylic acids is 1. The van der Waals surface area contributed by atoms with Crippen LogP contribution in [0.3, 0.4) is 0 Å². The third kappa shape index (κ3) is 2.96. The molecule has 0 fully saturated rings. The molecule has 0 spiro atoms. The quantitative estimate of drug-likeness (QED) is 0.883. The summed E-state index contributed by atoms with van der Waals surface area (Å²) >= 11 is 0. The van der Waals surface area contributed by atoms with Crippen molar-refractivity contribution in [1.82, 2.24) is 9.88 Å². The van der Waals surface area contributed by atoms with Crippen LogP contribution in [0.15, 0.2) is 36.5 Å². The highest BCUT2D eigenvalue weighted by Gasteiger charge is 2.06. The third-order valence-corrected chi connectivity index (χ3v) is 3.24. The zero-order valence-electron chi connectivity index (χ0n) is 11.5. The van der Waals surface area contributed by atoms with Crippen LogP contribution in [0.25, 0.3) is 0 Å². The van der Waals surface area contributed by atoms with E-state index in [0.29, 0.717) is 5.56 Å². The minimum Gasteiger partial charge on any atom is -0.379 e. The second-order valence-electron chi connectivity index (χ2n) is 4.57. The van der Waals surface area contributed by atoms with Crippen molar-refractivity contribution in [2.75, 3.05) is 12.4 Å². The Kier molecular flexibility index (Phi) is 3.90. The lowest BCUT2D eigenvalue weighted by Gasteiger charge is -2.12. The van der Waals surface area contributed by atoms with Crippen LogP contribution in [0.1, 0.15) is 21.6 Å². The minimum absolute atomic E-state index is 0.0677. The maximum atomic E-state index is 11.6. The molecule has 19 heavy (non-hydrogen) atoms. The first kappa shape index (κ1) is 13.2. The molecule has 0 radical (unpaired) electrons. The van der Waals surface area contributed by atoms with E-state index in [9.17, 15) is 4.79 Å². The standard InChI is InChI=1S/C15H19N3O/c1-11-6-7-12(15(19)16-2)9-14(11)17-10-13-5-4-8-18(13)3/h4-9,17H,10H2,1-3H3,(H,16,19). The van der Waals surface area contributed by atoms with Gasteiger partial charge in [0.1, 0.15) is 0 Å². The summed E-state index contributed by atoms with van der Waals surface area (Å²) in [5.74, 6) is -0.0677. The van der Waals surface area contributed by atoms with Gasteiger partial charge >= 0.3 is 0 Å². The van der Waals surface area contributed by atoms with Crippen LogP contribution in [0.5, 0.6) is 0 Å². The van der Waals surface area contributed by atoms with E-state index >= 15 is 0 Å². The van der Waals surface area contributed by atoms with E-state index in [4.69, 9.17) is 0 Å². The fraction of sp³-hybridized carbons (Fsp3) is 0.267. The highest BCUT2D eigenvalue weighted by Crippen LogP contribution is 2.18. The van der Waals surface area contributed by atoms with E-state index in [0.717, 1.165) is 17.8 Å². The number of carbonyl (C=O) groups is 1. The summed E-state index contributed by atoms with van der Waals surface area (Å²) in [6.07, 6.45) is 2.02. The first-order valence-corrected chi connectivity index (χ1v) is 6.28. The molecule has 2 rings (SSSR count). The predicted octanol–water partition coefficient (Wildman–Crippen LogP) is 2.31. The monoisotopic (exact) mass is 257 g/mol. The van der Waals surface area contributed by atoms with Crippen molar-refractivity contribution in [3.8, 4) is 0 Å². The fourth-order valence-electron chi connectivity index (χ4n) is 1.96. The zero-order chi connectivity index (χ0) is 13.8. The number of anilines is 1. The lowest BCUT2D eigenvalue weighted by Crippen LogP contribution is -2.18.